The number of benzene rings is 1. The summed E-state index contributed by atoms with van der Waals surface area (Å²) in [6.07, 6.45) is 0.732. The minimum atomic E-state index is -1.09. The number of nitrogen functional groups attached to an aromatic ring is 1. The Labute approximate surface area is 113 Å². The average molecular weight is 269 g/mol. The highest BCUT2D eigenvalue weighted by molar-refractivity contribution is 5.83. The van der Waals surface area contributed by atoms with E-state index in [-0.39, 0.29) is 5.95 Å². The highest BCUT2D eigenvalue weighted by atomic mass is 16.4. The monoisotopic (exact) mass is 269 g/mol. The van der Waals surface area contributed by atoms with Crippen molar-refractivity contribution in [3.05, 3.63) is 42.6 Å². The van der Waals surface area contributed by atoms with E-state index < -0.39 is 6.09 Å². The van der Waals surface area contributed by atoms with Gasteiger partial charge in [-0.1, -0.05) is 12.1 Å². The van der Waals surface area contributed by atoms with Gasteiger partial charge in [0.25, 0.3) is 0 Å². The van der Waals surface area contributed by atoms with Crippen LogP contribution >= 0.6 is 0 Å². The minimum Gasteiger partial charge on any atom is -0.465 e. The van der Waals surface area contributed by atoms with Crippen LogP contribution in [0.4, 0.5) is 16.4 Å². The summed E-state index contributed by atoms with van der Waals surface area (Å²) >= 11 is 0. The van der Waals surface area contributed by atoms with E-state index in [1.54, 1.807) is 16.6 Å². The molecular weight excluding hydrogens is 258 g/mol. The molecule has 3 aromatic rings. The molecule has 0 saturated heterocycles. The summed E-state index contributed by atoms with van der Waals surface area (Å²) in [5.74, 6) is 0.225. The van der Waals surface area contributed by atoms with Crippen LogP contribution in [0.5, 0.6) is 0 Å². The van der Waals surface area contributed by atoms with Crippen LogP contribution in [0.1, 0.15) is 0 Å². The Balaban J connectivity index is 1.95. The van der Waals surface area contributed by atoms with Crippen LogP contribution in [-0.4, -0.2) is 25.8 Å². The topological polar surface area (TPSA) is 106 Å². The van der Waals surface area contributed by atoms with Gasteiger partial charge in [-0.25, -0.2) is 9.31 Å². The first-order valence-corrected chi connectivity index (χ1v) is 5.84. The summed E-state index contributed by atoms with van der Waals surface area (Å²) in [7, 11) is 0. The van der Waals surface area contributed by atoms with E-state index in [0.29, 0.717) is 11.3 Å². The summed E-state index contributed by atoms with van der Waals surface area (Å²) < 4.78 is 1.61. The van der Waals surface area contributed by atoms with Gasteiger partial charge in [-0.2, -0.15) is 4.98 Å². The van der Waals surface area contributed by atoms with E-state index in [1.807, 2.05) is 30.5 Å². The number of carbonyl (C=O) groups is 1. The van der Waals surface area contributed by atoms with Crippen molar-refractivity contribution in [2.45, 2.75) is 0 Å². The molecule has 1 amide bonds. The largest absolute Gasteiger partial charge is 0.465 e. The number of nitrogens with zero attached hydrogens (tertiary/aromatic N) is 3. The van der Waals surface area contributed by atoms with E-state index >= 15 is 0 Å². The standard InChI is InChI=1S/C13H11N5O2/c14-12-16-11-6-3-9(7-18(11)17-12)8-1-4-10(5-2-8)15-13(19)20/h1-7,15H,(H2,14,17)(H,19,20). The summed E-state index contributed by atoms with van der Waals surface area (Å²) in [5, 5.41) is 15.0. The van der Waals surface area contributed by atoms with Crippen LogP contribution in [-0.2, 0) is 0 Å². The fourth-order valence-electron chi connectivity index (χ4n) is 1.94. The zero-order valence-corrected chi connectivity index (χ0v) is 10.3. The maximum Gasteiger partial charge on any atom is 0.409 e. The second-order valence-corrected chi connectivity index (χ2v) is 4.20. The Bertz CT molecular complexity index is 779. The van der Waals surface area contributed by atoms with Gasteiger partial charge in [-0.15, -0.1) is 5.10 Å². The van der Waals surface area contributed by atoms with Gasteiger partial charge < -0.3 is 10.8 Å². The SMILES string of the molecule is Nc1nc2ccc(-c3ccc(NC(=O)O)cc3)cn2n1. The highest BCUT2D eigenvalue weighted by Gasteiger charge is 2.04. The summed E-state index contributed by atoms with van der Waals surface area (Å²) in [6.45, 7) is 0. The van der Waals surface area contributed by atoms with Crippen LogP contribution in [0.15, 0.2) is 42.6 Å². The van der Waals surface area contributed by atoms with Crippen LogP contribution in [0, 0.1) is 0 Å². The summed E-state index contributed by atoms with van der Waals surface area (Å²) in [4.78, 5) is 14.6. The van der Waals surface area contributed by atoms with E-state index in [9.17, 15) is 4.79 Å². The van der Waals surface area contributed by atoms with Gasteiger partial charge in [0.15, 0.2) is 5.65 Å². The highest BCUT2D eigenvalue weighted by Crippen LogP contribution is 2.21. The van der Waals surface area contributed by atoms with Gasteiger partial charge >= 0.3 is 6.09 Å². The molecule has 0 aliphatic heterocycles. The zero-order chi connectivity index (χ0) is 14.1. The third-order valence-corrected chi connectivity index (χ3v) is 2.82. The second kappa shape index (κ2) is 4.54. The van der Waals surface area contributed by atoms with Crippen molar-refractivity contribution in [2.24, 2.45) is 0 Å². The lowest BCUT2D eigenvalue weighted by Crippen LogP contribution is -2.06. The van der Waals surface area contributed by atoms with Crippen LogP contribution in [0.25, 0.3) is 16.8 Å². The van der Waals surface area contributed by atoms with Gasteiger partial charge in [-0.3, -0.25) is 5.32 Å². The quantitative estimate of drug-likeness (QED) is 0.660. The number of amides is 1. The van der Waals surface area contributed by atoms with Crippen molar-refractivity contribution >= 4 is 23.4 Å². The molecule has 0 bridgehead atoms. The Morgan fingerprint density at radius 3 is 2.55 bits per heavy atom. The molecule has 100 valence electrons. The number of nitrogens with two attached hydrogens (primary N) is 1. The third-order valence-electron chi connectivity index (χ3n) is 2.82. The van der Waals surface area contributed by atoms with Crippen molar-refractivity contribution in [1.29, 1.82) is 0 Å². The Kier molecular flexibility index (Phi) is 2.72. The number of aromatic nitrogens is 3. The first-order valence-electron chi connectivity index (χ1n) is 5.84. The maximum absolute atomic E-state index is 10.5. The number of fused-ring (bicyclic) bond motifs is 1. The molecule has 0 unspecified atom stereocenters. The lowest BCUT2D eigenvalue weighted by atomic mass is 10.1. The second-order valence-electron chi connectivity index (χ2n) is 4.20. The van der Waals surface area contributed by atoms with Crippen molar-refractivity contribution < 1.29 is 9.90 Å². The molecule has 0 fully saturated rings. The third kappa shape index (κ3) is 2.24. The van der Waals surface area contributed by atoms with Crippen molar-refractivity contribution in [3.63, 3.8) is 0 Å². The van der Waals surface area contributed by atoms with Crippen molar-refractivity contribution in [3.8, 4) is 11.1 Å². The van der Waals surface area contributed by atoms with E-state index in [2.05, 4.69) is 15.4 Å². The first kappa shape index (κ1) is 12.0. The molecule has 0 aliphatic rings. The molecular formula is C13H11N5O2. The maximum atomic E-state index is 10.5. The molecule has 7 nitrogen and oxygen atoms in total. The first-order chi connectivity index (χ1) is 9.61. The van der Waals surface area contributed by atoms with Gasteiger partial charge in [0, 0.05) is 17.4 Å². The molecule has 2 heterocycles. The number of rotatable bonds is 2. The lowest BCUT2D eigenvalue weighted by Gasteiger charge is -2.04. The molecule has 7 heteroatoms. The summed E-state index contributed by atoms with van der Waals surface area (Å²) in [5.41, 5.74) is 8.61. The van der Waals surface area contributed by atoms with E-state index in [4.69, 9.17) is 10.8 Å². The minimum absolute atomic E-state index is 0.225. The molecule has 2 aromatic heterocycles. The summed E-state index contributed by atoms with van der Waals surface area (Å²) in [6, 6.07) is 10.8. The number of hydrogen-bond donors (Lipinski definition) is 3. The molecule has 0 spiro atoms. The van der Waals surface area contributed by atoms with E-state index in [0.717, 1.165) is 11.1 Å². The van der Waals surface area contributed by atoms with Crippen LogP contribution < -0.4 is 11.1 Å². The normalized spacial score (nSPS) is 10.6. The molecule has 4 N–H and O–H groups in total. The van der Waals surface area contributed by atoms with Gasteiger partial charge in [0.2, 0.25) is 5.95 Å². The molecule has 0 atom stereocenters. The van der Waals surface area contributed by atoms with Gasteiger partial charge in [0.1, 0.15) is 0 Å². The van der Waals surface area contributed by atoms with Crippen molar-refractivity contribution in [2.75, 3.05) is 11.1 Å². The predicted molar refractivity (Wildman–Crippen MR) is 74.5 cm³/mol. The molecule has 0 saturated carbocycles. The van der Waals surface area contributed by atoms with Crippen LogP contribution in [0.2, 0.25) is 0 Å². The van der Waals surface area contributed by atoms with Gasteiger partial charge in [0.05, 0.1) is 0 Å². The molecule has 0 aliphatic carbocycles. The Morgan fingerprint density at radius 1 is 1.15 bits per heavy atom. The number of carboxylic acid groups (broad SMARTS) is 1. The fourth-order valence-corrected chi connectivity index (χ4v) is 1.94. The number of pyridine rings is 1. The Hall–Kier alpha value is -3.09. The number of anilines is 2. The smallest absolute Gasteiger partial charge is 0.409 e. The average Bonchev–Trinajstić information content (AvgIpc) is 2.78. The van der Waals surface area contributed by atoms with Crippen molar-refractivity contribution in [1.82, 2.24) is 14.6 Å². The van der Waals surface area contributed by atoms with E-state index in [1.165, 1.54) is 0 Å². The number of hydrogen-bond acceptors (Lipinski definition) is 4. The molecule has 3 rings (SSSR count). The number of nitrogens with one attached hydrogen (secondary N) is 1. The predicted octanol–water partition coefficient (Wildman–Crippen LogP) is 2.07. The zero-order valence-electron chi connectivity index (χ0n) is 10.3. The molecule has 1 aromatic carbocycles. The molecule has 20 heavy (non-hydrogen) atoms. The van der Waals surface area contributed by atoms with Crippen LogP contribution in [0.3, 0.4) is 0 Å². The molecule has 0 radical (unpaired) electrons. The Morgan fingerprint density at radius 2 is 1.85 bits per heavy atom. The lowest BCUT2D eigenvalue weighted by molar-refractivity contribution is 0.210. The van der Waals surface area contributed by atoms with Gasteiger partial charge in [-0.05, 0) is 29.8 Å². The fraction of sp³-hybridized carbons (Fsp3) is 0.